The highest BCUT2D eigenvalue weighted by atomic mass is 32.2. The van der Waals surface area contributed by atoms with Gasteiger partial charge in [0.1, 0.15) is 5.75 Å². The lowest BCUT2D eigenvalue weighted by Gasteiger charge is -2.18. The van der Waals surface area contributed by atoms with Crippen LogP contribution in [-0.2, 0) is 16.1 Å². The lowest BCUT2D eigenvalue weighted by Crippen LogP contribution is -2.36. The SMILES string of the molecule is COc1ccc2c(c1)CN(C(=O)C(=O)O)CCS2. The van der Waals surface area contributed by atoms with Gasteiger partial charge in [-0.1, -0.05) is 0 Å². The summed E-state index contributed by atoms with van der Waals surface area (Å²) in [6.45, 7) is 0.747. The van der Waals surface area contributed by atoms with Gasteiger partial charge in [0.15, 0.2) is 0 Å². The largest absolute Gasteiger partial charge is 0.497 e. The third kappa shape index (κ3) is 2.59. The monoisotopic (exact) mass is 267 g/mol. The number of ether oxygens (including phenoxy) is 1. The number of thioether (sulfide) groups is 1. The Kier molecular flexibility index (Phi) is 3.76. The van der Waals surface area contributed by atoms with E-state index in [4.69, 9.17) is 9.84 Å². The van der Waals surface area contributed by atoms with Crippen LogP contribution in [0.2, 0.25) is 0 Å². The summed E-state index contributed by atoms with van der Waals surface area (Å²) in [6.07, 6.45) is 0. The Morgan fingerprint density at radius 3 is 2.89 bits per heavy atom. The van der Waals surface area contributed by atoms with Crippen molar-refractivity contribution in [3.63, 3.8) is 0 Å². The molecule has 6 heteroatoms. The standard InChI is InChI=1S/C12H13NO4S/c1-17-9-2-3-10-8(6-9)7-13(4-5-18-10)11(14)12(15)16/h2-3,6H,4-5,7H2,1H3,(H,15,16). The van der Waals surface area contributed by atoms with E-state index in [1.807, 2.05) is 18.2 Å². The van der Waals surface area contributed by atoms with Crippen molar-refractivity contribution in [3.8, 4) is 5.75 Å². The molecule has 1 aliphatic heterocycles. The van der Waals surface area contributed by atoms with Crippen LogP contribution in [0.3, 0.4) is 0 Å². The zero-order valence-electron chi connectivity index (χ0n) is 9.88. The Labute approximate surface area is 109 Å². The molecule has 0 aliphatic carbocycles. The van der Waals surface area contributed by atoms with Crippen molar-refractivity contribution < 1.29 is 19.4 Å². The summed E-state index contributed by atoms with van der Waals surface area (Å²) in [5, 5.41) is 8.75. The van der Waals surface area contributed by atoms with Crippen LogP contribution in [-0.4, -0.2) is 41.3 Å². The molecule has 5 nitrogen and oxygen atoms in total. The normalized spacial score (nSPS) is 14.6. The van der Waals surface area contributed by atoms with Crippen molar-refractivity contribution in [1.29, 1.82) is 0 Å². The van der Waals surface area contributed by atoms with E-state index < -0.39 is 11.9 Å². The predicted molar refractivity (Wildman–Crippen MR) is 66.8 cm³/mol. The number of aliphatic carboxylic acids is 1. The minimum absolute atomic E-state index is 0.310. The molecule has 1 aliphatic rings. The van der Waals surface area contributed by atoms with Crippen molar-refractivity contribution in [2.24, 2.45) is 0 Å². The van der Waals surface area contributed by atoms with E-state index >= 15 is 0 Å². The number of carboxylic acids is 1. The quantitative estimate of drug-likeness (QED) is 0.775. The van der Waals surface area contributed by atoms with Crippen LogP contribution in [0.5, 0.6) is 5.75 Å². The number of methoxy groups -OCH3 is 1. The zero-order valence-corrected chi connectivity index (χ0v) is 10.7. The van der Waals surface area contributed by atoms with Gasteiger partial charge in [-0.3, -0.25) is 4.79 Å². The van der Waals surface area contributed by atoms with E-state index in [1.54, 1.807) is 18.9 Å². The summed E-state index contributed by atoms with van der Waals surface area (Å²) in [7, 11) is 1.58. The van der Waals surface area contributed by atoms with Crippen molar-refractivity contribution in [3.05, 3.63) is 23.8 Å². The number of fused-ring (bicyclic) bond motifs is 1. The molecule has 0 spiro atoms. The van der Waals surface area contributed by atoms with Gasteiger partial charge in [-0.2, -0.15) is 0 Å². The molecule has 0 fully saturated rings. The number of nitrogens with zero attached hydrogens (tertiary/aromatic N) is 1. The maximum Gasteiger partial charge on any atom is 0.394 e. The third-order valence-electron chi connectivity index (χ3n) is 2.72. The van der Waals surface area contributed by atoms with E-state index in [-0.39, 0.29) is 0 Å². The third-order valence-corrected chi connectivity index (χ3v) is 3.81. The first kappa shape index (κ1) is 12.8. The molecule has 0 aromatic heterocycles. The average Bonchev–Trinajstić information content (AvgIpc) is 2.58. The zero-order chi connectivity index (χ0) is 13.1. The molecule has 1 N–H and O–H groups in total. The second-order valence-electron chi connectivity index (χ2n) is 3.85. The van der Waals surface area contributed by atoms with Gasteiger partial charge >= 0.3 is 11.9 Å². The molecule has 0 saturated heterocycles. The summed E-state index contributed by atoms with van der Waals surface area (Å²) < 4.78 is 5.14. The molecule has 0 bridgehead atoms. The molecule has 96 valence electrons. The molecule has 18 heavy (non-hydrogen) atoms. The molecule has 1 aromatic carbocycles. The lowest BCUT2D eigenvalue weighted by molar-refractivity contribution is -0.156. The molecule has 0 radical (unpaired) electrons. The molecule has 1 amide bonds. The van der Waals surface area contributed by atoms with Crippen molar-refractivity contribution in [1.82, 2.24) is 4.90 Å². The highest BCUT2D eigenvalue weighted by Crippen LogP contribution is 2.30. The fraction of sp³-hybridized carbons (Fsp3) is 0.333. The number of rotatable bonds is 1. The van der Waals surface area contributed by atoms with Gasteiger partial charge in [-0.05, 0) is 23.8 Å². The van der Waals surface area contributed by atoms with Crippen LogP contribution in [0.25, 0.3) is 0 Å². The summed E-state index contributed by atoms with van der Waals surface area (Å²) >= 11 is 1.62. The van der Waals surface area contributed by atoms with Gasteiger partial charge in [0.25, 0.3) is 0 Å². The number of carbonyl (C=O) groups is 2. The first-order valence-electron chi connectivity index (χ1n) is 5.43. The van der Waals surface area contributed by atoms with Crippen LogP contribution in [0.15, 0.2) is 23.1 Å². The molecule has 0 unspecified atom stereocenters. The molecular formula is C12H13NO4S. The molecule has 0 atom stereocenters. The number of benzene rings is 1. The minimum Gasteiger partial charge on any atom is -0.497 e. The van der Waals surface area contributed by atoms with Gasteiger partial charge in [0.2, 0.25) is 0 Å². The highest BCUT2D eigenvalue weighted by Gasteiger charge is 2.24. The number of hydrogen-bond acceptors (Lipinski definition) is 4. The first-order valence-corrected chi connectivity index (χ1v) is 6.42. The predicted octanol–water partition coefficient (Wildman–Crippen LogP) is 1.21. The molecule has 0 saturated carbocycles. The Bertz CT molecular complexity index is 489. The topological polar surface area (TPSA) is 66.8 Å². The van der Waals surface area contributed by atoms with Crippen LogP contribution in [0.1, 0.15) is 5.56 Å². The Morgan fingerprint density at radius 2 is 2.22 bits per heavy atom. The fourth-order valence-corrected chi connectivity index (χ4v) is 2.81. The molecule has 1 aromatic rings. The van der Waals surface area contributed by atoms with E-state index in [2.05, 4.69) is 0 Å². The molecule has 2 rings (SSSR count). The van der Waals surface area contributed by atoms with E-state index in [0.717, 1.165) is 10.5 Å². The smallest absolute Gasteiger partial charge is 0.394 e. The van der Waals surface area contributed by atoms with Gasteiger partial charge < -0.3 is 14.7 Å². The highest BCUT2D eigenvalue weighted by molar-refractivity contribution is 7.99. The second-order valence-corrected chi connectivity index (χ2v) is 4.99. The Balaban J connectivity index is 2.27. The number of amides is 1. The summed E-state index contributed by atoms with van der Waals surface area (Å²) in [5.41, 5.74) is 0.923. The molecule has 1 heterocycles. The van der Waals surface area contributed by atoms with E-state index in [1.165, 1.54) is 4.90 Å². The maximum absolute atomic E-state index is 11.5. The Morgan fingerprint density at radius 1 is 1.44 bits per heavy atom. The number of hydrogen-bond donors (Lipinski definition) is 1. The average molecular weight is 267 g/mol. The van der Waals surface area contributed by atoms with Crippen molar-refractivity contribution in [2.45, 2.75) is 11.4 Å². The second kappa shape index (κ2) is 5.30. The minimum atomic E-state index is -1.41. The summed E-state index contributed by atoms with van der Waals surface area (Å²) in [6, 6.07) is 5.64. The molecular weight excluding hydrogens is 254 g/mol. The first-order chi connectivity index (χ1) is 8.61. The van der Waals surface area contributed by atoms with Crippen LogP contribution in [0.4, 0.5) is 0 Å². The van der Waals surface area contributed by atoms with E-state index in [0.29, 0.717) is 24.6 Å². The van der Waals surface area contributed by atoms with Gasteiger partial charge in [0.05, 0.1) is 7.11 Å². The van der Waals surface area contributed by atoms with Crippen LogP contribution < -0.4 is 4.74 Å². The lowest BCUT2D eigenvalue weighted by atomic mass is 10.2. The van der Waals surface area contributed by atoms with Crippen LogP contribution in [0, 0.1) is 0 Å². The van der Waals surface area contributed by atoms with Gasteiger partial charge in [-0.25, -0.2) is 4.79 Å². The van der Waals surface area contributed by atoms with Gasteiger partial charge in [0, 0.05) is 23.7 Å². The maximum atomic E-state index is 11.5. The number of carboxylic acid groups (broad SMARTS) is 1. The van der Waals surface area contributed by atoms with Crippen molar-refractivity contribution >= 4 is 23.6 Å². The summed E-state index contributed by atoms with van der Waals surface area (Å²) in [5.74, 6) is -0.866. The van der Waals surface area contributed by atoms with Crippen LogP contribution >= 0.6 is 11.8 Å². The Hall–Kier alpha value is -1.69. The van der Waals surface area contributed by atoms with Gasteiger partial charge in [-0.15, -0.1) is 11.8 Å². The van der Waals surface area contributed by atoms with E-state index in [9.17, 15) is 9.59 Å². The fourth-order valence-electron chi connectivity index (χ4n) is 1.81. The number of carbonyl (C=O) groups excluding carboxylic acids is 1. The summed E-state index contributed by atoms with van der Waals surface area (Å²) in [4.78, 5) is 24.6. The van der Waals surface area contributed by atoms with Crippen molar-refractivity contribution in [2.75, 3.05) is 19.4 Å².